The first-order valence-corrected chi connectivity index (χ1v) is 7.32. The Balaban J connectivity index is 2.74. The van der Waals surface area contributed by atoms with Gasteiger partial charge in [0.2, 0.25) is 5.96 Å². The van der Waals surface area contributed by atoms with Gasteiger partial charge in [-0.2, -0.15) is 0 Å². The zero-order valence-corrected chi connectivity index (χ0v) is 12.4. The molecule has 1 aliphatic rings. The van der Waals surface area contributed by atoms with Crippen LogP contribution < -0.4 is 11.3 Å². The highest BCUT2D eigenvalue weighted by molar-refractivity contribution is 5.79. The fourth-order valence-corrected chi connectivity index (χ4v) is 2.51. The van der Waals surface area contributed by atoms with E-state index in [9.17, 15) is 0 Å². The van der Waals surface area contributed by atoms with Crippen LogP contribution in [0.25, 0.3) is 0 Å². The molecular formula is C14H30N4. The third kappa shape index (κ3) is 4.84. The fraction of sp³-hybridized carbons (Fsp3) is 0.929. The highest BCUT2D eigenvalue weighted by Crippen LogP contribution is 2.24. The van der Waals surface area contributed by atoms with Gasteiger partial charge in [0.25, 0.3) is 0 Å². The Morgan fingerprint density at radius 2 is 1.83 bits per heavy atom. The van der Waals surface area contributed by atoms with Gasteiger partial charge in [-0.05, 0) is 24.7 Å². The molecule has 1 aliphatic carbocycles. The molecule has 0 saturated heterocycles. The number of aliphatic imine (C=N–C) groups is 1. The minimum Gasteiger partial charge on any atom is -0.339 e. The Labute approximate surface area is 112 Å². The first-order chi connectivity index (χ1) is 8.54. The van der Waals surface area contributed by atoms with Crippen LogP contribution in [0.15, 0.2) is 4.99 Å². The number of hydrogen-bond acceptors (Lipinski definition) is 2. The first kappa shape index (κ1) is 15.3. The highest BCUT2D eigenvalue weighted by atomic mass is 15.4. The summed E-state index contributed by atoms with van der Waals surface area (Å²) < 4.78 is 0. The van der Waals surface area contributed by atoms with Gasteiger partial charge in [-0.3, -0.25) is 10.4 Å². The van der Waals surface area contributed by atoms with Crippen molar-refractivity contribution in [3.63, 3.8) is 0 Å². The van der Waals surface area contributed by atoms with Crippen molar-refractivity contribution in [2.75, 3.05) is 13.1 Å². The number of nitrogens with one attached hydrogen (secondary N) is 1. The van der Waals surface area contributed by atoms with E-state index in [-0.39, 0.29) is 0 Å². The topological polar surface area (TPSA) is 53.6 Å². The van der Waals surface area contributed by atoms with Crippen LogP contribution in [0, 0.1) is 11.8 Å². The monoisotopic (exact) mass is 254 g/mol. The van der Waals surface area contributed by atoms with E-state index in [1.165, 1.54) is 25.7 Å². The highest BCUT2D eigenvalue weighted by Gasteiger charge is 2.25. The maximum Gasteiger partial charge on any atom is 0.208 e. The first-order valence-electron chi connectivity index (χ1n) is 7.32. The van der Waals surface area contributed by atoms with Crippen LogP contribution in [0.4, 0.5) is 0 Å². The molecule has 1 saturated carbocycles. The van der Waals surface area contributed by atoms with Crippen molar-refractivity contribution >= 4 is 5.96 Å². The number of nitrogens with zero attached hydrogens (tertiary/aromatic N) is 2. The average Bonchev–Trinajstić information content (AvgIpc) is 2.80. The molecule has 4 nitrogen and oxygen atoms in total. The van der Waals surface area contributed by atoms with Crippen LogP contribution in [0.3, 0.4) is 0 Å². The molecule has 106 valence electrons. The zero-order chi connectivity index (χ0) is 13.5. The van der Waals surface area contributed by atoms with Crippen LogP contribution in [0.5, 0.6) is 0 Å². The summed E-state index contributed by atoms with van der Waals surface area (Å²) in [6.07, 6.45) is 5.22. The third-order valence-corrected chi connectivity index (χ3v) is 3.33. The molecule has 0 unspecified atom stereocenters. The van der Waals surface area contributed by atoms with Crippen LogP contribution in [0.2, 0.25) is 0 Å². The van der Waals surface area contributed by atoms with E-state index in [1.807, 2.05) is 0 Å². The quantitative estimate of drug-likeness (QED) is 0.343. The Hall–Kier alpha value is -0.770. The Morgan fingerprint density at radius 3 is 2.28 bits per heavy atom. The van der Waals surface area contributed by atoms with Gasteiger partial charge in [0, 0.05) is 19.1 Å². The Bertz CT molecular complexity index is 255. The van der Waals surface area contributed by atoms with Gasteiger partial charge in [0.15, 0.2) is 0 Å². The lowest BCUT2D eigenvalue weighted by Crippen LogP contribution is -2.50. The molecule has 0 radical (unpaired) electrons. The van der Waals surface area contributed by atoms with E-state index < -0.39 is 0 Å². The molecule has 0 spiro atoms. The van der Waals surface area contributed by atoms with E-state index in [0.717, 1.165) is 19.0 Å². The number of rotatable bonds is 5. The molecule has 1 fully saturated rings. The van der Waals surface area contributed by atoms with Crippen LogP contribution in [-0.4, -0.2) is 30.0 Å². The molecular weight excluding hydrogens is 224 g/mol. The minimum absolute atomic E-state index is 0.567. The largest absolute Gasteiger partial charge is 0.339 e. The number of nitrogens with two attached hydrogens (primary N) is 1. The van der Waals surface area contributed by atoms with Crippen molar-refractivity contribution in [3.05, 3.63) is 0 Å². The minimum atomic E-state index is 0.567. The van der Waals surface area contributed by atoms with Gasteiger partial charge in [-0.15, -0.1) is 0 Å². The summed E-state index contributed by atoms with van der Waals surface area (Å²) in [6.45, 7) is 10.7. The molecule has 0 aliphatic heterocycles. The standard InChI is InChI=1S/C14H30N4/c1-11(2)9-16-14(17-15)18(10-12(3)4)13-7-5-6-8-13/h11-13H,5-10,15H2,1-4H3,(H,16,17). The lowest BCUT2D eigenvalue weighted by atomic mass is 10.1. The van der Waals surface area contributed by atoms with Gasteiger partial charge >= 0.3 is 0 Å². The van der Waals surface area contributed by atoms with Crippen LogP contribution >= 0.6 is 0 Å². The smallest absolute Gasteiger partial charge is 0.208 e. The number of hydrogen-bond donors (Lipinski definition) is 2. The second-order valence-corrected chi connectivity index (χ2v) is 6.19. The SMILES string of the molecule is CC(C)CN=C(NN)N(CC(C)C)C1CCCC1. The molecule has 0 aromatic carbocycles. The molecule has 4 heteroatoms. The lowest BCUT2D eigenvalue weighted by molar-refractivity contribution is 0.273. The molecule has 0 aromatic heterocycles. The second-order valence-electron chi connectivity index (χ2n) is 6.19. The van der Waals surface area contributed by atoms with Crippen molar-refractivity contribution in [1.82, 2.24) is 10.3 Å². The molecule has 0 atom stereocenters. The van der Waals surface area contributed by atoms with Gasteiger partial charge in [0.05, 0.1) is 0 Å². The van der Waals surface area contributed by atoms with Crippen molar-refractivity contribution in [2.24, 2.45) is 22.7 Å². The van der Waals surface area contributed by atoms with Gasteiger partial charge in [0.1, 0.15) is 0 Å². The predicted molar refractivity (Wildman–Crippen MR) is 78.3 cm³/mol. The van der Waals surface area contributed by atoms with Crippen molar-refractivity contribution in [1.29, 1.82) is 0 Å². The zero-order valence-electron chi connectivity index (χ0n) is 12.4. The molecule has 0 amide bonds. The van der Waals surface area contributed by atoms with Crippen molar-refractivity contribution in [3.8, 4) is 0 Å². The third-order valence-electron chi connectivity index (χ3n) is 3.33. The Morgan fingerprint density at radius 1 is 1.22 bits per heavy atom. The summed E-state index contributed by atoms with van der Waals surface area (Å²) in [5.41, 5.74) is 2.82. The normalized spacial score (nSPS) is 17.8. The van der Waals surface area contributed by atoms with E-state index in [1.54, 1.807) is 0 Å². The lowest BCUT2D eigenvalue weighted by Gasteiger charge is -2.33. The average molecular weight is 254 g/mol. The molecule has 0 aromatic rings. The van der Waals surface area contributed by atoms with E-state index in [0.29, 0.717) is 17.9 Å². The van der Waals surface area contributed by atoms with Gasteiger partial charge < -0.3 is 4.90 Å². The van der Waals surface area contributed by atoms with Crippen molar-refractivity contribution in [2.45, 2.75) is 59.4 Å². The summed E-state index contributed by atoms with van der Waals surface area (Å²) in [5.74, 6) is 7.76. The second kappa shape index (κ2) is 7.62. The van der Waals surface area contributed by atoms with Crippen LogP contribution in [0.1, 0.15) is 53.4 Å². The van der Waals surface area contributed by atoms with Gasteiger partial charge in [-0.25, -0.2) is 5.84 Å². The van der Waals surface area contributed by atoms with E-state index in [2.05, 4.69) is 43.0 Å². The number of hydrazine groups is 1. The fourth-order valence-electron chi connectivity index (χ4n) is 2.51. The summed E-state index contributed by atoms with van der Waals surface area (Å²) in [6, 6.07) is 0.620. The molecule has 0 bridgehead atoms. The van der Waals surface area contributed by atoms with Gasteiger partial charge in [-0.1, -0.05) is 40.5 Å². The summed E-state index contributed by atoms with van der Waals surface area (Å²) in [4.78, 5) is 7.04. The molecule has 18 heavy (non-hydrogen) atoms. The van der Waals surface area contributed by atoms with E-state index >= 15 is 0 Å². The summed E-state index contributed by atoms with van der Waals surface area (Å²) >= 11 is 0. The maximum absolute atomic E-state index is 5.68. The Kier molecular flexibility index (Phi) is 6.47. The molecule has 0 heterocycles. The van der Waals surface area contributed by atoms with Crippen molar-refractivity contribution < 1.29 is 0 Å². The van der Waals surface area contributed by atoms with E-state index in [4.69, 9.17) is 5.84 Å². The predicted octanol–water partition coefficient (Wildman–Crippen LogP) is 2.36. The summed E-state index contributed by atoms with van der Waals surface area (Å²) in [7, 11) is 0. The number of guanidine groups is 1. The maximum atomic E-state index is 5.68. The molecule has 3 N–H and O–H groups in total. The summed E-state index contributed by atoms with van der Waals surface area (Å²) in [5, 5.41) is 0. The van der Waals surface area contributed by atoms with Crippen LogP contribution in [-0.2, 0) is 0 Å². The molecule has 1 rings (SSSR count).